The number of aryl methyl sites for hydroxylation is 1. The second kappa shape index (κ2) is 8.48. The van der Waals surface area contributed by atoms with Gasteiger partial charge < -0.3 is 15.2 Å². The summed E-state index contributed by atoms with van der Waals surface area (Å²) in [5.41, 5.74) is 0. The maximum atomic E-state index is 12.6. The molecule has 0 aliphatic carbocycles. The third-order valence-corrected chi connectivity index (χ3v) is 6.46. The van der Waals surface area contributed by atoms with Gasteiger partial charge in [-0.2, -0.15) is 4.31 Å². The fourth-order valence-corrected chi connectivity index (χ4v) is 4.86. The maximum absolute atomic E-state index is 12.6. The van der Waals surface area contributed by atoms with Gasteiger partial charge in [0.05, 0.1) is 12.4 Å². The molecular formula is C15H26ClN5O3S. The van der Waals surface area contributed by atoms with Gasteiger partial charge in [0.1, 0.15) is 0 Å². The van der Waals surface area contributed by atoms with Crippen molar-refractivity contribution in [1.82, 2.24) is 24.5 Å². The van der Waals surface area contributed by atoms with Crippen molar-refractivity contribution in [2.24, 2.45) is 13.0 Å². The lowest BCUT2D eigenvalue weighted by atomic mass is 9.99. The number of nitrogens with one attached hydrogen (secondary N) is 2. The van der Waals surface area contributed by atoms with Crippen LogP contribution in [0.1, 0.15) is 25.7 Å². The van der Waals surface area contributed by atoms with Gasteiger partial charge in [-0.1, -0.05) is 0 Å². The van der Waals surface area contributed by atoms with Gasteiger partial charge >= 0.3 is 0 Å². The minimum Gasteiger partial charge on any atom is -0.354 e. The summed E-state index contributed by atoms with van der Waals surface area (Å²) in [4.78, 5) is 16.0. The van der Waals surface area contributed by atoms with E-state index in [2.05, 4.69) is 15.6 Å². The van der Waals surface area contributed by atoms with E-state index >= 15 is 0 Å². The molecule has 0 aromatic carbocycles. The summed E-state index contributed by atoms with van der Waals surface area (Å²) >= 11 is 0. The van der Waals surface area contributed by atoms with Gasteiger partial charge in [0, 0.05) is 32.9 Å². The van der Waals surface area contributed by atoms with E-state index in [-0.39, 0.29) is 35.3 Å². The molecule has 0 radical (unpaired) electrons. The molecular weight excluding hydrogens is 366 g/mol. The predicted octanol–water partition coefficient (Wildman–Crippen LogP) is 0.111. The number of halogens is 1. The first-order valence-electron chi connectivity index (χ1n) is 8.46. The van der Waals surface area contributed by atoms with E-state index < -0.39 is 10.0 Å². The first-order chi connectivity index (χ1) is 11.5. The third kappa shape index (κ3) is 4.72. The fraction of sp³-hybridized carbons (Fsp3) is 0.733. The summed E-state index contributed by atoms with van der Waals surface area (Å²) in [7, 11) is -1.80. The highest BCUT2D eigenvalue weighted by Gasteiger charge is 2.32. The van der Waals surface area contributed by atoms with E-state index in [1.807, 2.05) is 0 Å². The smallest absolute Gasteiger partial charge is 0.262 e. The average Bonchev–Trinajstić information content (AvgIpc) is 3.24. The van der Waals surface area contributed by atoms with Crippen LogP contribution in [0, 0.1) is 5.92 Å². The van der Waals surface area contributed by atoms with Gasteiger partial charge in [-0.05, 0) is 38.1 Å². The molecule has 2 aliphatic rings. The summed E-state index contributed by atoms with van der Waals surface area (Å²) in [6, 6.07) is -0.0954. The minimum atomic E-state index is -3.55. The van der Waals surface area contributed by atoms with Crippen molar-refractivity contribution >= 4 is 28.3 Å². The normalized spacial score (nSPS) is 24.7. The van der Waals surface area contributed by atoms with E-state index in [0.29, 0.717) is 19.6 Å². The van der Waals surface area contributed by atoms with E-state index in [1.165, 1.54) is 16.8 Å². The fourth-order valence-electron chi connectivity index (χ4n) is 3.34. The number of carbonyl (C=O) groups excluding carboxylic acids is 1. The number of piperidine rings is 1. The van der Waals surface area contributed by atoms with Crippen LogP contribution in [0.3, 0.4) is 0 Å². The molecule has 8 nitrogen and oxygen atoms in total. The number of amides is 1. The Morgan fingerprint density at radius 1 is 1.40 bits per heavy atom. The number of sulfonamides is 1. The van der Waals surface area contributed by atoms with E-state index in [9.17, 15) is 13.2 Å². The Labute approximate surface area is 154 Å². The molecule has 142 valence electrons. The van der Waals surface area contributed by atoms with Crippen molar-refractivity contribution in [3.8, 4) is 0 Å². The van der Waals surface area contributed by atoms with Crippen LogP contribution < -0.4 is 10.6 Å². The topological polar surface area (TPSA) is 96.3 Å². The molecule has 2 N–H and O–H groups in total. The van der Waals surface area contributed by atoms with Crippen LogP contribution in [0.4, 0.5) is 0 Å². The van der Waals surface area contributed by atoms with Crippen LogP contribution in [0.25, 0.3) is 0 Å². The second-order valence-electron chi connectivity index (χ2n) is 6.64. The van der Waals surface area contributed by atoms with Crippen molar-refractivity contribution in [3.05, 3.63) is 12.5 Å². The summed E-state index contributed by atoms with van der Waals surface area (Å²) in [5, 5.41) is 6.23. The number of hydrogen-bond acceptors (Lipinski definition) is 5. The Morgan fingerprint density at radius 2 is 2.20 bits per heavy atom. The zero-order chi connectivity index (χ0) is 17.2. The van der Waals surface area contributed by atoms with E-state index in [4.69, 9.17) is 0 Å². The first kappa shape index (κ1) is 20.2. The molecule has 0 saturated carbocycles. The van der Waals surface area contributed by atoms with Crippen molar-refractivity contribution < 1.29 is 13.2 Å². The molecule has 2 saturated heterocycles. The van der Waals surface area contributed by atoms with Gasteiger partial charge in [-0.25, -0.2) is 13.4 Å². The van der Waals surface area contributed by atoms with Crippen LogP contribution in [0.5, 0.6) is 0 Å². The molecule has 0 bridgehead atoms. The second-order valence-corrected chi connectivity index (χ2v) is 8.53. The molecule has 3 heterocycles. The lowest BCUT2D eigenvalue weighted by Crippen LogP contribution is -2.46. The lowest BCUT2D eigenvalue weighted by Gasteiger charge is -2.31. The molecule has 2 unspecified atom stereocenters. The van der Waals surface area contributed by atoms with Gasteiger partial charge in [-0.3, -0.25) is 4.79 Å². The molecule has 1 amide bonds. The number of hydrogen-bond donors (Lipinski definition) is 2. The van der Waals surface area contributed by atoms with Crippen LogP contribution in [-0.2, 0) is 21.9 Å². The van der Waals surface area contributed by atoms with Crippen LogP contribution >= 0.6 is 12.4 Å². The van der Waals surface area contributed by atoms with Gasteiger partial charge in [0.2, 0.25) is 5.91 Å². The van der Waals surface area contributed by atoms with Crippen LogP contribution in [-0.4, -0.2) is 60.4 Å². The highest BCUT2D eigenvalue weighted by molar-refractivity contribution is 7.89. The third-order valence-electron chi connectivity index (χ3n) is 4.71. The molecule has 1 aromatic heterocycles. The van der Waals surface area contributed by atoms with Crippen LogP contribution in [0.15, 0.2) is 17.6 Å². The summed E-state index contributed by atoms with van der Waals surface area (Å²) < 4.78 is 28.4. The molecule has 3 rings (SSSR count). The van der Waals surface area contributed by atoms with Crippen LogP contribution in [0.2, 0.25) is 0 Å². The van der Waals surface area contributed by atoms with Gasteiger partial charge in [-0.15, -0.1) is 12.4 Å². The largest absolute Gasteiger partial charge is 0.354 e. The molecule has 0 spiro atoms. The summed E-state index contributed by atoms with van der Waals surface area (Å²) in [6.07, 6.45) is 6.63. The highest BCUT2D eigenvalue weighted by Crippen LogP contribution is 2.22. The average molecular weight is 392 g/mol. The molecule has 1 aromatic rings. The lowest BCUT2D eigenvalue weighted by molar-refractivity contribution is -0.123. The zero-order valence-corrected chi connectivity index (χ0v) is 16.0. The Morgan fingerprint density at radius 3 is 2.84 bits per heavy atom. The van der Waals surface area contributed by atoms with Crippen molar-refractivity contribution in [2.75, 3.05) is 26.2 Å². The van der Waals surface area contributed by atoms with Gasteiger partial charge in [0.15, 0.2) is 5.03 Å². The Kier molecular flexibility index (Phi) is 6.84. The summed E-state index contributed by atoms with van der Waals surface area (Å²) in [5.74, 6) is 0.166. The maximum Gasteiger partial charge on any atom is 0.262 e. The minimum absolute atomic E-state index is 0. The highest BCUT2D eigenvalue weighted by atomic mass is 35.5. The Hall–Kier alpha value is -1.16. The SMILES string of the molecule is Cl.Cn1cnc(S(=O)(=O)N2CCCC(CNC(=O)C3CCCN3)C2)c1. The molecule has 25 heavy (non-hydrogen) atoms. The van der Waals surface area contributed by atoms with Crippen molar-refractivity contribution in [2.45, 2.75) is 36.8 Å². The quantitative estimate of drug-likeness (QED) is 0.742. The monoisotopic (exact) mass is 391 g/mol. The Bertz CT molecular complexity index is 687. The zero-order valence-electron chi connectivity index (χ0n) is 14.3. The number of imidazole rings is 1. The number of carbonyl (C=O) groups is 1. The number of nitrogens with zero attached hydrogens (tertiary/aromatic N) is 3. The molecule has 2 atom stereocenters. The summed E-state index contributed by atoms with van der Waals surface area (Å²) in [6.45, 7) is 2.34. The predicted molar refractivity (Wildman–Crippen MR) is 96.0 cm³/mol. The van der Waals surface area contributed by atoms with E-state index in [0.717, 1.165) is 32.2 Å². The first-order valence-corrected chi connectivity index (χ1v) is 9.90. The Balaban J connectivity index is 0.00000225. The van der Waals surface area contributed by atoms with Crippen molar-refractivity contribution in [1.29, 1.82) is 0 Å². The number of rotatable bonds is 5. The van der Waals surface area contributed by atoms with Crippen molar-refractivity contribution in [3.63, 3.8) is 0 Å². The van der Waals surface area contributed by atoms with E-state index in [1.54, 1.807) is 11.6 Å². The number of aromatic nitrogens is 2. The van der Waals surface area contributed by atoms with Gasteiger partial charge in [0.25, 0.3) is 10.0 Å². The molecule has 2 fully saturated rings. The molecule has 2 aliphatic heterocycles. The molecule has 10 heteroatoms. The standard InChI is InChI=1S/C15H25N5O3S.ClH/c1-19-10-14(18-11-19)24(22,23)20-7-3-4-12(9-20)8-17-15(21)13-5-2-6-16-13;/h10-13,16H,2-9H2,1H3,(H,17,21);1H.